The highest BCUT2D eigenvalue weighted by Gasteiger charge is 2.18. The molecule has 0 saturated carbocycles. The van der Waals surface area contributed by atoms with Gasteiger partial charge in [0.1, 0.15) is 34.0 Å². The summed E-state index contributed by atoms with van der Waals surface area (Å²) in [5.41, 5.74) is 1.42. The summed E-state index contributed by atoms with van der Waals surface area (Å²) in [5, 5.41) is 0.203. The molecule has 0 fully saturated rings. The van der Waals surface area contributed by atoms with Gasteiger partial charge in [-0.15, -0.1) is 0 Å². The van der Waals surface area contributed by atoms with E-state index in [0.717, 1.165) is 5.56 Å². The smallest absolute Gasteiger partial charge is 0.362 e. The van der Waals surface area contributed by atoms with Crippen LogP contribution in [-0.4, -0.2) is 30.4 Å². The Morgan fingerprint density at radius 3 is 2.39 bits per heavy atom. The second kappa shape index (κ2) is 7.67. The third-order valence-electron chi connectivity index (χ3n) is 4.08. The molecule has 9 heteroatoms. The third kappa shape index (κ3) is 4.20. The average molecular weight is 406 g/mol. The van der Waals surface area contributed by atoms with Gasteiger partial charge in [-0.05, 0) is 18.6 Å². The number of hydrogen-bond donors (Lipinski definition) is 2. The largest absolute Gasteiger partial charge is 0.496 e. The molecule has 0 atom stereocenters. The minimum Gasteiger partial charge on any atom is -0.496 e. The van der Waals surface area contributed by atoms with Gasteiger partial charge in [-0.3, -0.25) is 9.36 Å². The Morgan fingerprint density at radius 2 is 1.75 bits per heavy atom. The first-order valence-corrected chi connectivity index (χ1v) is 10.00. The van der Waals surface area contributed by atoms with Crippen LogP contribution in [0, 0.1) is 6.92 Å². The Labute approximate surface area is 160 Å². The van der Waals surface area contributed by atoms with Crippen molar-refractivity contribution in [2.45, 2.75) is 6.92 Å². The molecular formula is C19H19O8P. The molecule has 3 aromatic rings. The summed E-state index contributed by atoms with van der Waals surface area (Å²) in [6.45, 7) is 1.90. The molecule has 28 heavy (non-hydrogen) atoms. The van der Waals surface area contributed by atoms with E-state index < -0.39 is 13.9 Å². The zero-order valence-electron chi connectivity index (χ0n) is 15.5. The molecule has 2 aromatic carbocycles. The van der Waals surface area contributed by atoms with Crippen molar-refractivity contribution in [2.24, 2.45) is 0 Å². The van der Waals surface area contributed by atoms with E-state index in [1.54, 1.807) is 19.2 Å². The molecule has 0 aliphatic rings. The molecule has 1 heterocycles. The molecule has 0 amide bonds. The molecule has 0 unspecified atom stereocenters. The molecule has 8 nitrogen and oxygen atoms in total. The van der Waals surface area contributed by atoms with Crippen molar-refractivity contribution in [3.63, 3.8) is 0 Å². The van der Waals surface area contributed by atoms with Gasteiger partial charge in [0.15, 0.2) is 11.8 Å². The second-order valence-electron chi connectivity index (χ2n) is 6.10. The van der Waals surface area contributed by atoms with Crippen LogP contribution in [0.4, 0.5) is 0 Å². The van der Waals surface area contributed by atoms with E-state index in [9.17, 15) is 9.36 Å². The Balaban J connectivity index is 2.15. The Hall–Kier alpha value is -2.80. The van der Waals surface area contributed by atoms with Crippen LogP contribution >= 0.6 is 7.60 Å². The summed E-state index contributed by atoms with van der Waals surface area (Å²) in [4.78, 5) is 30.7. The molecule has 0 aliphatic heterocycles. The predicted molar refractivity (Wildman–Crippen MR) is 103 cm³/mol. The van der Waals surface area contributed by atoms with Crippen LogP contribution in [0.5, 0.6) is 17.2 Å². The van der Waals surface area contributed by atoms with Gasteiger partial charge in [0.05, 0.1) is 14.2 Å². The maximum Gasteiger partial charge on any atom is 0.362 e. The SMILES string of the molecule is COc1cc(-c2cc(=O)c3c(OC)cc(OCP(=O)(O)O)cc3o2)ccc1C. The van der Waals surface area contributed by atoms with Crippen molar-refractivity contribution in [2.75, 3.05) is 20.6 Å². The Bertz CT molecular complexity index is 1130. The van der Waals surface area contributed by atoms with Gasteiger partial charge in [0.25, 0.3) is 0 Å². The summed E-state index contributed by atoms with van der Waals surface area (Å²) in [6, 6.07) is 9.52. The van der Waals surface area contributed by atoms with Gasteiger partial charge in [0, 0.05) is 23.8 Å². The zero-order valence-corrected chi connectivity index (χ0v) is 16.4. The standard InChI is InChI=1S/C19H19O8P/c1-11-4-5-12(6-15(11)24-2)16-9-14(20)19-17(25-3)7-13(8-18(19)27-16)26-10-28(21,22)23/h4-9H,10H2,1-3H3,(H2,21,22,23). The summed E-state index contributed by atoms with van der Waals surface area (Å²) < 4.78 is 32.6. The highest BCUT2D eigenvalue weighted by Crippen LogP contribution is 2.37. The first-order valence-electron chi connectivity index (χ1n) is 8.20. The van der Waals surface area contributed by atoms with Crippen molar-refractivity contribution >= 4 is 18.6 Å². The van der Waals surface area contributed by atoms with Gasteiger partial charge >= 0.3 is 7.60 Å². The number of hydrogen-bond acceptors (Lipinski definition) is 6. The Morgan fingerprint density at radius 1 is 1.04 bits per heavy atom. The number of aryl methyl sites for hydroxylation is 1. The van der Waals surface area contributed by atoms with Crippen LogP contribution < -0.4 is 19.6 Å². The average Bonchev–Trinajstić information content (AvgIpc) is 2.65. The summed E-state index contributed by atoms with van der Waals surface area (Å²) in [5.74, 6) is 1.25. The van der Waals surface area contributed by atoms with E-state index in [1.165, 1.54) is 25.3 Å². The van der Waals surface area contributed by atoms with Crippen LogP contribution in [0.25, 0.3) is 22.3 Å². The van der Waals surface area contributed by atoms with E-state index in [1.807, 2.05) is 13.0 Å². The lowest BCUT2D eigenvalue weighted by atomic mass is 10.1. The van der Waals surface area contributed by atoms with Crippen molar-refractivity contribution in [1.82, 2.24) is 0 Å². The van der Waals surface area contributed by atoms with Crippen LogP contribution in [-0.2, 0) is 4.57 Å². The molecule has 0 aliphatic carbocycles. The van der Waals surface area contributed by atoms with Gasteiger partial charge in [-0.25, -0.2) is 0 Å². The van der Waals surface area contributed by atoms with Gasteiger partial charge in [-0.1, -0.05) is 12.1 Å². The summed E-state index contributed by atoms with van der Waals surface area (Å²) in [6.07, 6.45) is -0.805. The first kappa shape index (κ1) is 19.9. The molecular weight excluding hydrogens is 387 g/mol. The molecule has 148 valence electrons. The normalized spacial score (nSPS) is 11.5. The predicted octanol–water partition coefficient (Wildman–Crippen LogP) is 3.30. The fourth-order valence-corrected chi connectivity index (χ4v) is 3.06. The van der Waals surface area contributed by atoms with Crippen molar-refractivity contribution < 1.29 is 33.0 Å². The summed E-state index contributed by atoms with van der Waals surface area (Å²) >= 11 is 0. The topological polar surface area (TPSA) is 115 Å². The maximum absolute atomic E-state index is 12.7. The van der Waals surface area contributed by atoms with E-state index in [0.29, 0.717) is 17.1 Å². The Kier molecular flexibility index (Phi) is 5.47. The van der Waals surface area contributed by atoms with Gasteiger partial charge in [-0.2, -0.15) is 0 Å². The van der Waals surface area contributed by atoms with Crippen LogP contribution in [0.3, 0.4) is 0 Å². The van der Waals surface area contributed by atoms with E-state index in [-0.39, 0.29) is 27.9 Å². The van der Waals surface area contributed by atoms with Crippen molar-refractivity contribution in [3.8, 4) is 28.6 Å². The maximum atomic E-state index is 12.7. The van der Waals surface area contributed by atoms with Crippen LogP contribution in [0.2, 0.25) is 0 Å². The minimum atomic E-state index is -4.37. The number of methoxy groups -OCH3 is 2. The highest BCUT2D eigenvalue weighted by atomic mass is 31.2. The van der Waals surface area contributed by atoms with E-state index in [2.05, 4.69) is 0 Å². The summed E-state index contributed by atoms with van der Waals surface area (Å²) in [7, 11) is -1.44. The monoisotopic (exact) mass is 406 g/mol. The lowest BCUT2D eigenvalue weighted by molar-refractivity contribution is 0.299. The lowest BCUT2D eigenvalue weighted by Crippen LogP contribution is -2.04. The fourth-order valence-electron chi connectivity index (χ4n) is 2.75. The third-order valence-corrected chi connectivity index (χ3v) is 4.55. The van der Waals surface area contributed by atoms with Gasteiger partial charge < -0.3 is 28.4 Å². The molecule has 0 saturated heterocycles. The highest BCUT2D eigenvalue weighted by molar-refractivity contribution is 7.51. The number of rotatable bonds is 6. The zero-order chi connectivity index (χ0) is 20.5. The lowest BCUT2D eigenvalue weighted by Gasteiger charge is -2.12. The van der Waals surface area contributed by atoms with Crippen LogP contribution in [0.1, 0.15) is 5.56 Å². The first-order chi connectivity index (χ1) is 13.2. The van der Waals surface area contributed by atoms with Crippen molar-refractivity contribution in [3.05, 3.63) is 52.2 Å². The second-order valence-corrected chi connectivity index (χ2v) is 7.68. The molecule has 0 spiro atoms. The molecule has 0 bridgehead atoms. The van der Waals surface area contributed by atoms with E-state index >= 15 is 0 Å². The van der Waals surface area contributed by atoms with Gasteiger partial charge in [0.2, 0.25) is 0 Å². The molecule has 2 N–H and O–H groups in total. The minimum absolute atomic E-state index is 0.106. The molecule has 0 radical (unpaired) electrons. The fraction of sp³-hybridized carbons (Fsp3) is 0.211. The van der Waals surface area contributed by atoms with Crippen LogP contribution in [0.15, 0.2) is 45.6 Å². The number of fused-ring (bicyclic) bond motifs is 1. The molecule has 1 aromatic heterocycles. The quantitative estimate of drug-likeness (QED) is 0.599. The molecule has 3 rings (SSSR count). The number of benzene rings is 2. The van der Waals surface area contributed by atoms with Crippen molar-refractivity contribution in [1.29, 1.82) is 0 Å². The van der Waals surface area contributed by atoms with E-state index in [4.69, 9.17) is 28.4 Å². The number of ether oxygens (including phenoxy) is 3.